The van der Waals surface area contributed by atoms with Crippen LogP contribution in [0.3, 0.4) is 0 Å². The normalized spacial score (nSPS) is 13.9. The van der Waals surface area contributed by atoms with Crippen molar-refractivity contribution in [3.63, 3.8) is 0 Å². The first-order valence-corrected chi connectivity index (χ1v) is 7.14. The second kappa shape index (κ2) is 9.55. The van der Waals surface area contributed by atoms with Crippen molar-refractivity contribution in [2.45, 2.75) is 39.0 Å². The van der Waals surface area contributed by atoms with E-state index in [-0.39, 0.29) is 13.2 Å². The maximum Gasteiger partial charge on any atom is 0.107 e. The molecule has 0 heterocycles. The molecule has 20 heavy (non-hydrogen) atoms. The summed E-state index contributed by atoms with van der Waals surface area (Å²) in [6.07, 6.45) is 5.65. The van der Waals surface area contributed by atoms with Crippen molar-refractivity contribution < 1.29 is 9.84 Å². The molecule has 110 valence electrons. The summed E-state index contributed by atoms with van der Waals surface area (Å²) in [4.78, 5) is 2.28. The van der Waals surface area contributed by atoms with Crippen LogP contribution in [-0.2, 0) is 11.3 Å². The highest BCUT2D eigenvalue weighted by molar-refractivity contribution is 5.14. The smallest absolute Gasteiger partial charge is 0.107 e. The summed E-state index contributed by atoms with van der Waals surface area (Å²) in [5.74, 6) is 2.40. The predicted molar refractivity (Wildman–Crippen MR) is 82.3 cm³/mol. The molecule has 1 rings (SSSR count). The molecule has 3 nitrogen and oxygen atoms in total. The number of aliphatic hydroxyl groups is 1. The Morgan fingerprint density at radius 1 is 1.35 bits per heavy atom. The molecule has 2 atom stereocenters. The van der Waals surface area contributed by atoms with E-state index < -0.39 is 6.10 Å². The molecular formula is C17H25NO2. The van der Waals surface area contributed by atoms with Crippen molar-refractivity contribution in [1.29, 1.82) is 0 Å². The molecule has 0 aliphatic heterocycles. The lowest BCUT2D eigenvalue weighted by atomic mass is 10.1. The maximum absolute atomic E-state index is 10.0. The van der Waals surface area contributed by atoms with E-state index >= 15 is 0 Å². The highest BCUT2D eigenvalue weighted by Crippen LogP contribution is 2.11. The van der Waals surface area contributed by atoms with E-state index in [0.717, 1.165) is 13.0 Å². The van der Waals surface area contributed by atoms with Gasteiger partial charge in [0.25, 0.3) is 0 Å². The van der Waals surface area contributed by atoms with Crippen molar-refractivity contribution in [2.24, 2.45) is 0 Å². The summed E-state index contributed by atoms with van der Waals surface area (Å²) in [7, 11) is 0. The number of hydrogen-bond acceptors (Lipinski definition) is 3. The lowest BCUT2D eigenvalue weighted by molar-refractivity contribution is 0.0170. The van der Waals surface area contributed by atoms with Crippen LogP contribution in [0.1, 0.15) is 25.8 Å². The molecular weight excluding hydrogens is 250 g/mol. The largest absolute Gasteiger partial charge is 0.389 e. The zero-order chi connectivity index (χ0) is 14.8. The van der Waals surface area contributed by atoms with Gasteiger partial charge < -0.3 is 9.84 Å². The number of benzene rings is 1. The fourth-order valence-corrected chi connectivity index (χ4v) is 2.05. The zero-order valence-corrected chi connectivity index (χ0v) is 12.5. The summed E-state index contributed by atoms with van der Waals surface area (Å²) in [5, 5.41) is 10.0. The molecule has 0 radical (unpaired) electrons. The molecule has 1 aromatic carbocycles. The molecule has 0 saturated carbocycles. The van der Waals surface area contributed by atoms with Gasteiger partial charge in [0.2, 0.25) is 0 Å². The van der Waals surface area contributed by atoms with Gasteiger partial charge in [0.15, 0.2) is 0 Å². The molecule has 1 N–H and O–H groups in total. The minimum Gasteiger partial charge on any atom is -0.389 e. The molecule has 0 spiro atoms. The van der Waals surface area contributed by atoms with Gasteiger partial charge in [-0.2, -0.15) is 0 Å². The third-order valence-corrected chi connectivity index (χ3v) is 3.38. The van der Waals surface area contributed by atoms with Crippen LogP contribution in [0.5, 0.6) is 0 Å². The summed E-state index contributed by atoms with van der Waals surface area (Å²) in [6.45, 7) is 6.29. The standard InChI is InChI=1S/C17H25NO2/c1-4-11-20-14-17(19)13-18(15(3)5-2)12-16-9-7-6-8-10-16/h1,6-10,15,17,19H,5,11-14H2,2-3H3/t15-,17+/m0/s1. The summed E-state index contributed by atoms with van der Waals surface area (Å²) in [5.41, 5.74) is 1.25. The zero-order valence-electron chi connectivity index (χ0n) is 12.5. The predicted octanol–water partition coefficient (Wildman–Crippen LogP) is 2.30. The Kier molecular flexibility index (Phi) is 7.98. The number of nitrogens with zero attached hydrogens (tertiary/aromatic N) is 1. The molecule has 0 saturated heterocycles. The van der Waals surface area contributed by atoms with Gasteiger partial charge in [0.1, 0.15) is 6.61 Å². The first kappa shape index (κ1) is 16.7. The number of hydrogen-bond donors (Lipinski definition) is 1. The third kappa shape index (κ3) is 6.21. The van der Waals surface area contributed by atoms with Gasteiger partial charge in [-0.1, -0.05) is 43.2 Å². The van der Waals surface area contributed by atoms with E-state index in [2.05, 4.69) is 36.8 Å². The summed E-state index contributed by atoms with van der Waals surface area (Å²) < 4.78 is 5.20. The van der Waals surface area contributed by atoms with Crippen LogP contribution < -0.4 is 0 Å². The third-order valence-electron chi connectivity index (χ3n) is 3.38. The number of aliphatic hydroxyl groups excluding tert-OH is 1. The second-order valence-electron chi connectivity index (χ2n) is 5.05. The first-order valence-electron chi connectivity index (χ1n) is 7.14. The van der Waals surface area contributed by atoms with Gasteiger partial charge in [0, 0.05) is 19.1 Å². The lowest BCUT2D eigenvalue weighted by Crippen LogP contribution is -2.39. The molecule has 0 unspecified atom stereocenters. The minimum atomic E-state index is -0.513. The van der Waals surface area contributed by atoms with Crippen LogP contribution in [0.25, 0.3) is 0 Å². The average Bonchev–Trinajstić information content (AvgIpc) is 2.47. The van der Waals surface area contributed by atoms with E-state index in [1.807, 2.05) is 18.2 Å². The van der Waals surface area contributed by atoms with Crippen molar-refractivity contribution >= 4 is 0 Å². The Morgan fingerprint density at radius 3 is 2.65 bits per heavy atom. The molecule has 0 aliphatic carbocycles. The molecule has 0 aromatic heterocycles. The van der Waals surface area contributed by atoms with Gasteiger partial charge in [-0.3, -0.25) is 4.90 Å². The Morgan fingerprint density at radius 2 is 2.05 bits per heavy atom. The van der Waals surface area contributed by atoms with Crippen molar-refractivity contribution in [1.82, 2.24) is 4.90 Å². The number of ether oxygens (including phenoxy) is 1. The minimum absolute atomic E-state index is 0.249. The summed E-state index contributed by atoms with van der Waals surface area (Å²) >= 11 is 0. The van der Waals surface area contributed by atoms with Crippen LogP contribution in [0, 0.1) is 12.3 Å². The van der Waals surface area contributed by atoms with E-state index in [1.165, 1.54) is 5.56 Å². The number of terminal acetylenes is 1. The van der Waals surface area contributed by atoms with Gasteiger partial charge >= 0.3 is 0 Å². The Balaban J connectivity index is 2.54. The molecule has 0 bridgehead atoms. The van der Waals surface area contributed by atoms with E-state index in [4.69, 9.17) is 11.2 Å². The monoisotopic (exact) mass is 275 g/mol. The van der Waals surface area contributed by atoms with Crippen LogP contribution in [0.4, 0.5) is 0 Å². The highest BCUT2D eigenvalue weighted by atomic mass is 16.5. The van der Waals surface area contributed by atoms with Crippen LogP contribution >= 0.6 is 0 Å². The van der Waals surface area contributed by atoms with E-state index in [0.29, 0.717) is 12.6 Å². The Labute approximate surface area is 122 Å². The van der Waals surface area contributed by atoms with Gasteiger partial charge in [0.05, 0.1) is 12.7 Å². The Bertz CT molecular complexity index is 399. The molecule has 0 amide bonds. The van der Waals surface area contributed by atoms with Gasteiger partial charge in [-0.25, -0.2) is 0 Å². The van der Waals surface area contributed by atoms with Crippen molar-refractivity contribution in [3.05, 3.63) is 35.9 Å². The fraction of sp³-hybridized carbons (Fsp3) is 0.529. The number of rotatable bonds is 9. The van der Waals surface area contributed by atoms with Crippen molar-refractivity contribution in [2.75, 3.05) is 19.8 Å². The quantitative estimate of drug-likeness (QED) is 0.554. The van der Waals surface area contributed by atoms with Gasteiger partial charge in [-0.05, 0) is 18.9 Å². The molecule has 3 heteroatoms. The second-order valence-corrected chi connectivity index (χ2v) is 5.05. The average molecular weight is 275 g/mol. The molecule has 1 aromatic rings. The lowest BCUT2D eigenvalue weighted by Gasteiger charge is -2.30. The van der Waals surface area contributed by atoms with E-state index in [1.54, 1.807) is 0 Å². The SMILES string of the molecule is C#CCOC[C@H](O)CN(Cc1ccccc1)[C@@H](C)CC. The van der Waals surface area contributed by atoms with Gasteiger partial charge in [-0.15, -0.1) is 6.42 Å². The van der Waals surface area contributed by atoms with Crippen molar-refractivity contribution in [3.8, 4) is 12.3 Å². The van der Waals surface area contributed by atoms with Crippen LogP contribution in [-0.4, -0.2) is 41.9 Å². The van der Waals surface area contributed by atoms with E-state index in [9.17, 15) is 5.11 Å². The summed E-state index contributed by atoms with van der Waals surface area (Å²) in [6, 6.07) is 10.7. The molecule has 0 aliphatic rings. The Hall–Kier alpha value is -1.34. The highest BCUT2D eigenvalue weighted by Gasteiger charge is 2.17. The van der Waals surface area contributed by atoms with Crippen LogP contribution in [0.2, 0.25) is 0 Å². The fourth-order valence-electron chi connectivity index (χ4n) is 2.05. The van der Waals surface area contributed by atoms with Crippen LogP contribution in [0.15, 0.2) is 30.3 Å². The topological polar surface area (TPSA) is 32.7 Å². The first-order chi connectivity index (χ1) is 9.67. The maximum atomic E-state index is 10.0. The molecule has 0 fully saturated rings.